The van der Waals surface area contributed by atoms with Gasteiger partial charge in [0.25, 0.3) is 0 Å². The lowest BCUT2D eigenvalue weighted by atomic mass is 10.0. The molecule has 2 aromatic heterocycles. The van der Waals surface area contributed by atoms with Crippen molar-refractivity contribution in [3.8, 4) is 11.1 Å². The quantitative estimate of drug-likeness (QED) is 0.819. The van der Waals surface area contributed by atoms with E-state index in [1.165, 1.54) is 12.8 Å². The van der Waals surface area contributed by atoms with E-state index < -0.39 is 5.60 Å². The molecule has 1 saturated carbocycles. The molecule has 1 aliphatic heterocycles. The lowest BCUT2D eigenvalue weighted by Crippen LogP contribution is -2.49. The number of hydrogen-bond donors (Lipinski definition) is 2. The monoisotopic (exact) mass is 398 g/mol. The van der Waals surface area contributed by atoms with Gasteiger partial charge in [-0.05, 0) is 46.5 Å². The molecule has 29 heavy (non-hydrogen) atoms. The molecule has 1 amide bonds. The van der Waals surface area contributed by atoms with Crippen molar-refractivity contribution in [1.29, 1.82) is 0 Å². The van der Waals surface area contributed by atoms with Crippen molar-refractivity contribution in [3.63, 3.8) is 0 Å². The summed E-state index contributed by atoms with van der Waals surface area (Å²) in [6.07, 6.45) is 9.73. The van der Waals surface area contributed by atoms with Gasteiger partial charge in [0.1, 0.15) is 11.4 Å². The molecule has 0 radical (unpaired) electrons. The fourth-order valence-electron chi connectivity index (χ4n) is 3.75. The van der Waals surface area contributed by atoms with Crippen molar-refractivity contribution >= 4 is 17.6 Å². The van der Waals surface area contributed by atoms with E-state index in [0.717, 1.165) is 36.2 Å². The number of aromatic nitrogens is 3. The summed E-state index contributed by atoms with van der Waals surface area (Å²) in [4.78, 5) is 18.8. The zero-order chi connectivity index (χ0) is 20.6. The van der Waals surface area contributed by atoms with Gasteiger partial charge in [0.2, 0.25) is 0 Å². The van der Waals surface area contributed by atoms with Crippen molar-refractivity contribution in [2.75, 3.05) is 23.7 Å². The molecule has 2 aliphatic rings. The summed E-state index contributed by atoms with van der Waals surface area (Å²) in [5.41, 5.74) is 8.60. The first kappa shape index (κ1) is 19.5. The van der Waals surface area contributed by atoms with Crippen LogP contribution in [0.15, 0.2) is 24.7 Å². The molecule has 2 fully saturated rings. The van der Waals surface area contributed by atoms with Crippen molar-refractivity contribution in [2.45, 2.75) is 64.1 Å². The highest BCUT2D eigenvalue weighted by molar-refractivity contribution is 5.79. The zero-order valence-corrected chi connectivity index (χ0v) is 17.4. The van der Waals surface area contributed by atoms with Gasteiger partial charge in [-0.15, -0.1) is 0 Å². The SMILES string of the molecule is CC(C)(C)OC(=O)N[C@H]1CCCN(c2cc(N)ncc2-c2cnn(C3CC3)c2)C1. The van der Waals surface area contributed by atoms with E-state index in [2.05, 4.69) is 26.5 Å². The first-order valence-electron chi connectivity index (χ1n) is 10.3. The number of carbonyl (C=O) groups excluding carboxylic acids is 1. The summed E-state index contributed by atoms with van der Waals surface area (Å²) < 4.78 is 7.46. The number of nitrogens with zero attached hydrogens (tertiary/aromatic N) is 4. The Kier molecular flexibility index (Phi) is 5.10. The zero-order valence-electron chi connectivity index (χ0n) is 17.4. The fourth-order valence-corrected chi connectivity index (χ4v) is 3.75. The minimum absolute atomic E-state index is 0.0232. The van der Waals surface area contributed by atoms with Crippen molar-refractivity contribution in [1.82, 2.24) is 20.1 Å². The van der Waals surface area contributed by atoms with Crippen LogP contribution >= 0.6 is 0 Å². The van der Waals surface area contributed by atoms with Gasteiger partial charge in [0.05, 0.1) is 12.2 Å². The van der Waals surface area contributed by atoms with E-state index >= 15 is 0 Å². The van der Waals surface area contributed by atoms with Gasteiger partial charge in [-0.3, -0.25) is 4.68 Å². The second-order valence-corrected chi connectivity index (χ2v) is 9.00. The molecule has 3 heterocycles. The molecule has 0 spiro atoms. The fraction of sp³-hybridized carbons (Fsp3) is 0.571. The molecule has 0 aromatic carbocycles. The number of rotatable bonds is 4. The Bertz CT molecular complexity index is 884. The molecule has 1 saturated heterocycles. The van der Waals surface area contributed by atoms with Crippen LogP contribution in [0.1, 0.15) is 52.5 Å². The van der Waals surface area contributed by atoms with Crippen LogP contribution in [0.2, 0.25) is 0 Å². The first-order chi connectivity index (χ1) is 13.8. The second-order valence-electron chi connectivity index (χ2n) is 9.00. The van der Waals surface area contributed by atoms with Crippen LogP contribution in [0.4, 0.5) is 16.3 Å². The average Bonchev–Trinajstić information content (AvgIpc) is 3.38. The average molecular weight is 399 g/mol. The normalized spacial score (nSPS) is 19.8. The van der Waals surface area contributed by atoms with E-state index in [9.17, 15) is 4.79 Å². The lowest BCUT2D eigenvalue weighted by molar-refractivity contribution is 0.0500. The van der Waals surface area contributed by atoms with Crippen LogP contribution in [0, 0.1) is 0 Å². The number of ether oxygens (including phenoxy) is 1. The summed E-state index contributed by atoms with van der Waals surface area (Å²) in [5.74, 6) is 0.487. The predicted octanol–water partition coefficient (Wildman–Crippen LogP) is 3.36. The van der Waals surface area contributed by atoms with Crippen LogP contribution in [0.3, 0.4) is 0 Å². The standard InChI is InChI=1S/C21H30N6O2/c1-21(2,3)29-20(28)25-15-5-4-8-26(13-15)18-9-19(22)23-11-17(18)14-10-24-27(12-14)16-6-7-16/h9-12,15-16H,4-8,13H2,1-3H3,(H2,22,23)(H,25,28)/t15-/m0/s1. The van der Waals surface area contributed by atoms with Crippen LogP contribution in [0.5, 0.6) is 0 Å². The van der Waals surface area contributed by atoms with E-state index in [1.807, 2.05) is 43.9 Å². The number of nitrogens with one attached hydrogen (secondary N) is 1. The third-order valence-corrected chi connectivity index (χ3v) is 5.22. The summed E-state index contributed by atoms with van der Waals surface area (Å²) in [6.45, 7) is 7.21. The molecule has 2 aromatic rings. The van der Waals surface area contributed by atoms with E-state index in [-0.39, 0.29) is 12.1 Å². The predicted molar refractivity (Wildman–Crippen MR) is 113 cm³/mol. The third kappa shape index (κ3) is 4.81. The topological polar surface area (TPSA) is 98.3 Å². The minimum atomic E-state index is -0.507. The summed E-state index contributed by atoms with van der Waals surface area (Å²) in [6, 6.07) is 2.47. The number of hydrogen-bond acceptors (Lipinski definition) is 6. The number of carbonyl (C=O) groups is 1. The van der Waals surface area contributed by atoms with Crippen LogP contribution in [0.25, 0.3) is 11.1 Å². The smallest absolute Gasteiger partial charge is 0.407 e. The molecule has 156 valence electrons. The van der Waals surface area contributed by atoms with E-state index in [1.54, 1.807) is 0 Å². The largest absolute Gasteiger partial charge is 0.444 e. The molecule has 8 heteroatoms. The second kappa shape index (κ2) is 7.57. The Morgan fingerprint density at radius 2 is 2.07 bits per heavy atom. The Morgan fingerprint density at radius 1 is 1.28 bits per heavy atom. The maximum absolute atomic E-state index is 12.2. The number of pyridine rings is 1. The lowest BCUT2D eigenvalue weighted by Gasteiger charge is -2.36. The highest BCUT2D eigenvalue weighted by Crippen LogP contribution is 2.37. The molecule has 8 nitrogen and oxygen atoms in total. The Hall–Kier alpha value is -2.77. The van der Waals surface area contributed by atoms with Gasteiger partial charge < -0.3 is 20.7 Å². The van der Waals surface area contributed by atoms with Crippen LogP contribution < -0.4 is 16.0 Å². The number of anilines is 2. The molecule has 1 atom stereocenters. The Labute approximate surface area is 171 Å². The number of piperidine rings is 1. The molecule has 0 bridgehead atoms. The van der Waals surface area contributed by atoms with E-state index in [4.69, 9.17) is 10.5 Å². The number of amides is 1. The molecule has 3 N–H and O–H groups in total. The van der Waals surface area contributed by atoms with Gasteiger partial charge >= 0.3 is 6.09 Å². The molecular weight excluding hydrogens is 368 g/mol. The highest BCUT2D eigenvalue weighted by Gasteiger charge is 2.27. The van der Waals surface area contributed by atoms with Gasteiger partial charge in [-0.2, -0.15) is 5.10 Å². The van der Waals surface area contributed by atoms with E-state index in [0.29, 0.717) is 18.4 Å². The van der Waals surface area contributed by atoms with Gasteiger partial charge in [0, 0.05) is 54.4 Å². The Morgan fingerprint density at radius 3 is 2.79 bits per heavy atom. The van der Waals surface area contributed by atoms with Gasteiger partial charge in [-0.1, -0.05) is 0 Å². The van der Waals surface area contributed by atoms with Crippen LogP contribution in [-0.2, 0) is 4.74 Å². The molecule has 4 rings (SSSR count). The van der Waals surface area contributed by atoms with Crippen LogP contribution in [-0.4, -0.2) is 45.6 Å². The van der Waals surface area contributed by atoms with Crippen molar-refractivity contribution in [2.24, 2.45) is 0 Å². The van der Waals surface area contributed by atoms with Crippen molar-refractivity contribution < 1.29 is 9.53 Å². The molecular formula is C21H30N6O2. The van der Waals surface area contributed by atoms with Gasteiger partial charge in [-0.25, -0.2) is 9.78 Å². The number of nitrogens with two attached hydrogens (primary N) is 1. The molecule has 1 aliphatic carbocycles. The van der Waals surface area contributed by atoms with Crippen molar-refractivity contribution in [3.05, 3.63) is 24.7 Å². The third-order valence-electron chi connectivity index (χ3n) is 5.22. The first-order valence-corrected chi connectivity index (χ1v) is 10.3. The summed E-state index contributed by atoms with van der Waals surface area (Å²) in [7, 11) is 0. The Balaban J connectivity index is 1.52. The van der Waals surface area contributed by atoms with Gasteiger partial charge in [0.15, 0.2) is 0 Å². The minimum Gasteiger partial charge on any atom is -0.444 e. The maximum atomic E-state index is 12.2. The highest BCUT2D eigenvalue weighted by atomic mass is 16.6. The molecule has 0 unspecified atom stereocenters. The number of nitrogen functional groups attached to an aromatic ring is 1. The summed E-state index contributed by atoms with van der Waals surface area (Å²) >= 11 is 0. The summed E-state index contributed by atoms with van der Waals surface area (Å²) in [5, 5.41) is 7.53. The maximum Gasteiger partial charge on any atom is 0.407 e. The number of alkyl carbamates (subject to hydrolysis) is 1.